The Kier molecular flexibility index (Phi) is 5.91. The third-order valence-corrected chi connectivity index (χ3v) is 3.23. The summed E-state index contributed by atoms with van der Waals surface area (Å²) in [5.74, 6) is -0.713. The van der Waals surface area contributed by atoms with E-state index in [1.165, 1.54) is 4.90 Å². The fraction of sp³-hybridized carbons (Fsp3) is 0.833. The number of hydrogen-bond acceptors (Lipinski definition) is 3. The van der Waals surface area contributed by atoms with Crippen molar-refractivity contribution in [3.63, 3.8) is 0 Å². The highest BCUT2D eigenvalue weighted by Crippen LogP contribution is 2.17. The minimum absolute atomic E-state index is 0.163. The summed E-state index contributed by atoms with van der Waals surface area (Å²) in [7, 11) is 0. The molecule has 0 unspecified atom stereocenters. The van der Waals surface area contributed by atoms with Gasteiger partial charge in [0.15, 0.2) is 0 Å². The molecule has 0 saturated carbocycles. The smallest absolute Gasteiger partial charge is 0.323 e. The molecule has 1 saturated heterocycles. The molecule has 0 bridgehead atoms. The fourth-order valence-corrected chi connectivity index (χ4v) is 2.18. The zero-order valence-electron chi connectivity index (χ0n) is 10.8. The number of piperidine rings is 1. The van der Waals surface area contributed by atoms with Gasteiger partial charge in [0.25, 0.3) is 0 Å². The normalized spacial score (nSPS) is 16.7. The Morgan fingerprint density at radius 1 is 1.33 bits per heavy atom. The number of carbonyl (C=O) groups excluding carboxylic acids is 1. The molecule has 18 heavy (non-hydrogen) atoms. The molecule has 104 valence electrons. The molecule has 1 heterocycles. The van der Waals surface area contributed by atoms with E-state index in [4.69, 9.17) is 10.2 Å². The highest BCUT2D eigenvalue weighted by Gasteiger charge is 2.26. The maximum Gasteiger partial charge on any atom is 0.323 e. The minimum Gasteiger partial charge on any atom is -0.480 e. The van der Waals surface area contributed by atoms with Crippen LogP contribution in [0.5, 0.6) is 0 Å². The van der Waals surface area contributed by atoms with Gasteiger partial charge in [0, 0.05) is 26.2 Å². The van der Waals surface area contributed by atoms with Gasteiger partial charge < -0.3 is 20.0 Å². The van der Waals surface area contributed by atoms with Crippen LogP contribution in [0.3, 0.4) is 0 Å². The number of likely N-dealkylation sites (tertiary alicyclic amines) is 1. The Balaban J connectivity index is 2.52. The standard InChI is InChI=1S/C12H22N2O4/c1-2-5-14(8-11(16)17)12(18)13-6-3-10(9-15)4-7-13/h10,15H,2-9H2,1H3,(H,16,17). The van der Waals surface area contributed by atoms with Crippen molar-refractivity contribution in [1.82, 2.24) is 9.80 Å². The second-order valence-corrected chi connectivity index (χ2v) is 4.71. The van der Waals surface area contributed by atoms with Gasteiger partial charge in [-0.3, -0.25) is 4.79 Å². The second kappa shape index (κ2) is 7.20. The third-order valence-electron chi connectivity index (χ3n) is 3.23. The van der Waals surface area contributed by atoms with Gasteiger partial charge >= 0.3 is 12.0 Å². The van der Waals surface area contributed by atoms with E-state index < -0.39 is 5.97 Å². The molecule has 1 fully saturated rings. The van der Waals surface area contributed by atoms with E-state index in [9.17, 15) is 9.59 Å². The van der Waals surface area contributed by atoms with E-state index in [1.807, 2.05) is 6.92 Å². The number of carboxylic acid groups (broad SMARTS) is 1. The van der Waals surface area contributed by atoms with Crippen LogP contribution < -0.4 is 0 Å². The number of aliphatic carboxylic acids is 1. The second-order valence-electron chi connectivity index (χ2n) is 4.71. The molecule has 0 atom stereocenters. The number of carboxylic acids is 1. The van der Waals surface area contributed by atoms with Gasteiger partial charge in [-0.15, -0.1) is 0 Å². The van der Waals surface area contributed by atoms with E-state index in [0.717, 1.165) is 19.3 Å². The van der Waals surface area contributed by atoms with Crippen molar-refractivity contribution >= 4 is 12.0 Å². The molecule has 0 radical (unpaired) electrons. The van der Waals surface area contributed by atoms with Gasteiger partial charge in [0.2, 0.25) is 0 Å². The molecular weight excluding hydrogens is 236 g/mol. The largest absolute Gasteiger partial charge is 0.480 e. The van der Waals surface area contributed by atoms with Crippen molar-refractivity contribution in [3.05, 3.63) is 0 Å². The highest BCUT2D eigenvalue weighted by atomic mass is 16.4. The third kappa shape index (κ3) is 4.18. The number of hydrogen-bond donors (Lipinski definition) is 2. The van der Waals surface area contributed by atoms with Crippen molar-refractivity contribution in [2.24, 2.45) is 5.92 Å². The average Bonchev–Trinajstić information content (AvgIpc) is 2.37. The lowest BCUT2D eigenvalue weighted by Crippen LogP contribution is -2.48. The zero-order valence-corrected chi connectivity index (χ0v) is 10.8. The molecule has 6 nitrogen and oxygen atoms in total. The Bertz CT molecular complexity index is 288. The molecule has 0 aromatic heterocycles. The zero-order chi connectivity index (χ0) is 13.5. The Morgan fingerprint density at radius 3 is 2.39 bits per heavy atom. The van der Waals surface area contributed by atoms with E-state index in [2.05, 4.69) is 0 Å². The first-order chi connectivity index (χ1) is 8.58. The van der Waals surface area contributed by atoms with Crippen molar-refractivity contribution in [3.8, 4) is 0 Å². The van der Waals surface area contributed by atoms with Crippen LogP contribution in [0.4, 0.5) is 4.79 Å². The van der Waals surface area contributed by atoms with Crippen LogP contribution in [-0.4, -0.2) is 64.8 Å². The van der Waals surface area contributed by atoms with E-state index >= 15 is 0 Å². The van der Waals surface area contributed by atoms with Crippen LogP contribution in [0.15, 0.2) is 0 Å². The lowest BCUT2D eigenvalue weighted by molar-refractivity contribution is -0.137. The molecule has 0 aromatic carbocycles. The van der Waals surface area contributed by atoms with Crippen LogP contribution in [0.1, 0.15) is 26.2 Å². The molecule has 0 aliphatic carbocycles. The molecule has 0 spiro atoms. The molecule has 1 rings (SSSR count). The van der Waals surface area contributed by atoms with Crippen molar-refractivity contribution in [1.29, 1.82) is 0 Å². The first-order valence-corrected chi connectivity index (χ1v) is 6.45. The molecule has 1 aliphatic heterocycles. The number of nitrogens with zero attached hydrogens (tertiary/aromatic N) is 2. The fourth-order valence-electron chi connectivity index (χ4n) is 2.18. The maximum absolute atomic E-state index is 12.1. The lowest BCUT2D eigenvalue weighted by atomic mass is 9.98. The molecule has 1 aliphatic rings. The maximum atomic E-state index is 12.1. The SMILES string of the molecule is CCCN(CC(=O)O)C(=O)N1CCC(CO)CC1. The van der Waals surface area contributed by atoms with Gasteiger partial charge in [-0.2, -0.15) is 0 Å². The number of amides is 2. The molecule has 2 N–H and O–H groups in total. The van der Waals surface area contributed by atoms with Crippen LogP contribution in [0, 0.1) is 5.92 Å². The predicted octanol–water partition coefficient (Wildman–Crippen LogP) is 0.607. The Hall–Kier alpha value is -1.30. The number of carbonyl (C=O) groups is 2. The van der Waals surface area contributed by atoms with E-state index in [0.29, 0.717) is 19.6 Å². The number of aliphatic hydroxyl groups excluding tert-OH is 1. The first-order valence-electron chi connectivity index (χ1n) is 6.45. The minimum atomic E-state index is -0.984. The quantitative estimate of drug-likeness (QED) is 0.757. The van der Waals surface area contributed by atoms with E-state index in [-0.39, 0.29) is 25.1 Å². The number of urea groups is 1. The van der Waals surface area contributed by atoms with Gasteiger partial charge in [0.1, 0.15) is 6.54 Å². The van der Waals surface area contributed by atoms with Crippen molar-refractivity contribution in [2.75, 3.05) is 32.8 Å². The highest BCUT2D eigenvalue weighted by molar-refractivity contribution is 5.80. The summed E-state index contributed by atoms with van der Waals surface area (Å²) >= 11 is 0. The van der Waals surface area contributed by atoms with Crippen LogP contribution in [-0.2, 0) is 4.79 Å². The van der Waals surface area contributed by atoms with Gasteiger partial charge in [-0.1, -0.05) is 6.92 Å². The summed E-state index contributed by atoms with van der Waals surface area (Å²) in [6.07, 6.45) is 2.32. The average molecular weight is 258 g/mol. The molecule has 6 heteroatoms. The Labute approximate surface area is 107 Å². The number of rotatable bonds is 5. The predicted molar refractivity (Wildman–Crippen MR) is 66.3 cm³/mol. The first kappa shape index (κ1) is 14.8. The van der Waals surface area contributed by atoms with Crippen molar-refractivity contribution in [2.45, 2.75) is 26.2 Å². The van der Waals surface area contributed by atoms with Crippen molar-refractivity contribution < 1.29 is 19.8 Å². The molecule has 2 amide bonds. The Morgan fingerprint density at radius 2 is 1.94 bits per heavy atom. The summed E-state index contributed by atoms with van der Waals surface area (Å²) in [5.41, 5.74) is 0. The lowest BCUT2D eigenvalue weighted by Gasteiger charge is -2.34. The van der Waals surface area contributed by atoms with Gasteiger partial charge in [-0.25, -0.2) is 4.79 Å². The van der Waals surface area contributed by atoms with Crippen LogP contribution >= 0.6 is 0 Å². The monoisotopic (exact) mass is 258 g/mol. The summed E-state index contributed by atoms with van der Waals surface area (Å²) in [4.78, 5) is 25.9. The van der Waals surface area contributed by atoms with Crippen LogP contribution in [0.2, 0.25) is 0 Å². The summed E-state index contributed by atoms with van der Waals surface area (Å²) in [6.45, 7) is 3.50. The van der Waals surface area contributed by atoms with Gasteiger partial charge in [0.05, 0.1) is 0 Å². The summed E-state index contributed by atoms with van der Waals surface area (Å²) < 4.78 is 0. The summed E-state index contributed by atoms with van der Waals surface area (Å²) in [5, 5.41) is 17.8. The van der Waals surface area contributed by atoms with E-state index in [1.54, 1.807) is 4.90 Å². The van der Waals surface area contributed by atoms with Gasteiger partial charge in [-0.05, 0) is 25.2 Å². The number of aliphatic hydroxyl groups is 1. The topological polar surface area (TPSA) is 81.1 Å². The van der Waals surface area contributed by atoms with Crippen LogP contribution in [0.25, 0.3) is 0 Å². The molecule has 0 aromatic rings. The summed E-state index contributed by atoms with van der Waals surface area (Å²) in [6, 6.07) is -0.198. The molecular formula is C12H22N2O4.